The molecule has 1 N–H and O–H groups in total. The molecule has 1 aliphatic heterocycles. The van der Waals surface area contributed by atoms with Crippen LogP contribution in [0.15, 0.2) is 48.5 Å². The number of hydrogen-bond acceptors (Lipinski definition) is 4. The van der Waals surface area contributed by atoms with E-state index in [1.165, 1.54) is 5.56 Å². The van der Waals surface area contributed by atoms with Crippen molar-refractivity contribution in [2.24, 2.45) is 0 Å². The normalized spacial score (nSPS) is 18.8. The Balaban J connectivity index is 1.34. The van der Waals surface area contributed by atoms with Gasteiger partial charge in [0.15, 0.2) is 0 Å². The summed E-state index contributed by atoms with van der Waals surface area (Å²) in [6.45, 7) is 7.18. The van der Waals surface area contributed by atoms with Crippen molar-refractivity contribution in [1.82, 2.24) is 4.90 Å². The minimum Gasteiger partial charge on any atom is -0.492 e. The quantitative estimate of drug-likeness (QED) is 0.748. The van der Waals surface area contributed by atoms with Crippen LogP contribution in [0.3, 0.4) is 0 Å². The lowest BCUT2D eigenvalue weighted by Crippen LogP contribution is -2.38. The van der Waals surface area contributed by atoms with Gasteiger partial charge in [0, 0.05) is 25.3 Å². The molecule has 1 saturated carbocycles. The van der Waals surface area contributed by atoms with E-state index < -0.39 is 5.41 Å². The summed E-state index contributed by atoms with van der Waals surface area (Å²) < 4.78 is 11.2. The Morgan fingerprint density at radius 1 is 1.03 bits per heavy atom. The van der Waals surface area contributed by atoms with Gasteiger partial charge in [-0.25, -0.2) is 0 Å². The number of rotatable bonds is 7. The first-order valence-electron chi connectivity index (χ1n) is 11.1. The van der Waals surface area contributed by atoms with Gasteiger partial charge in [-0.15, -0.1) is 0 Å². The second-order valence-electron chi connectivity index (χ2n) is 8.44. The summed E-state index contributed by atoms with van der Waals surface area (Å²) in [6, 6.07) is 16.2. The zero-order valence-electron chi connectivity index (χ0n) is 17.9. The smallest absolute Gasteiger partial charge is 0.235 e. The minimum absolute atomic E-state index is 0.102. The summed E-state index contributed by atoms with van der Waals surface area (Å²) in [7, 11) is 0. The van der Waals surface area contributed by atoms with Gasteiger partial charge in [-0.2, -0.15) is 0 Å². The van der Waals surface area contributed by atoms with Crippen molar-refractivity contribution < 1.29 is 14.3 Å². The van der Waals surface area contributed by atoms with Gasteiger partial charge in [0.25, 0.3) is 0 Å². The van der Waals surface area contributed by atoms with Crippen LogP contribution in [-0.4, -0.2) is 50.3 Å². The molecule has 1 heterocycles. The number of ether oxygens (including phenoxy) is 2. The predicted octanol–water partition coefficient (Wildman–Crippen LogP) is 4.16. The van der Waals surface area contributed by atoms with Crippen molar-refractivity contribution in [3.05, 3.63) is 59.7 Å². The number of anilines is 1. The van der Waals surface area contributed by atoms with Crippen LogP contribution in [0.2, 0.25) is 0 Å². The molecule has 4 rings (SSSR count). The lowest BCUT2D eigenvalue weighted by atomic mass is 9.77. The van der Waals surface area contributed by atoms with Crippen LogP contribution < -0.4 is 10.1 Å². The van der Waals surface area contributed by atoms with Gasteiger partial charge >= 0.3 is 0 Å². The van der Waals surface area contributed by atoms with E-state index in [1.807, 2.05) is 24.3 Å². The standard InChI is InChI=1S/C25H32N2O3/c1-20-4-6-21(7-5-20)25(12-2-3-13-25)24(28)26-22-8-10-23(11-9-22)30-19-16-27-14-17-29-18-15-27/h4-11H,2-3,12-19H2,1H3,(H,26,28). The van der Waals surface area contributed by atoms with E-state index in [0.29, 0.717) is 6.61 Å². The zero-order chi connectivity index (χ0) is 20.8. The fourth-order valence-corrected chi connectivity index (χ4v) is 4.50. The van der Waals surface area contributed by atoms with Crippen molar-refractivity contribution in [2.75, 3.05) is 44.8 Å². The highest BCUT2D eigenvalue weighted by Gasteiger charge is 2.42. The fraction of sp³-hybridized carbons (Fsp3) is 0.480. The number of aryl methyl sites for hydroxylation is 1. The third-order valence-corrected chi connectivity index (χ3v) is 6.39. The molecule has 30 heavy (non-hydrogen) atoms. The predicted molar refractivity (Wildman–Crippen MR) is 119 cm³/mol. The maximum Gasteiger partial charge on any atom is 0.235 e. The highest BCUT2D eigenvalue weighted by atomic mass is 16.5. The van der Waals surface area contributed by atoms with Crippen LogP contribution in [0.1, 0.15) is 36.8 Å². The lowest BCUT2D eigenvalue weighted by Gasteiger charge is -2.28. The number of nitrogens with one attached hydrogen (secondary N) is 1. The molecule has 1 amide bonds. The molecule has 5 nitrogen and oxygen atoms in total. The number of hydrogen-bond donors (Lipinski definition) is 1. The van der Waals surface area contributed by atoms with E-state index in [-0.39, 0.29) is 5.91 Å². The van der Waals surface area contributed by atoms with Crippen molar-refractivity contribution in [3.8, 4) is 5.75 Å². The molecule has 0 unspecified atom stereocenters. The molecule has 0 radical (unpaired) electrons. The van der Waals surface area contributed by atoms with Crippen LogP contribution in [-0.2, 0) is 14.9 Å². The first kappa shape index (κ1) is 20.9. The molecule has 0 aromatic heterocycles. The molecule has 1 aliphatic carbocycles. The van der Waals surface area contributed by atoms with Crippen LogP contribution in [0, 0.1) is 6.92 Å². The summed E-state index contributed by atoms with van der Waals surface area (Å²) in [5, 5.41) is 3.16. The fourth-order valence-electron chi connectivity index (χ4n) is 4.50. The molecule has 2 aromatic rings. The molecule has 0 atom stereocenters. The topological polar surface area (TPSA) is 50.8 Å². The summed E-state index contributed by atoms with van der Waals surface area (Å²) in [5.41, 5.74) is 2.75. The second kappa shape index (κ2) is 9.63. The monoisotopic (exact) mass is 408 g/mol. The maximum atomic E-state index is 13.3. The van der Waals surface area contributed by atoms with E-state index in [0.717, 1.165) is 75.5 Å². The Morgan fingerprint density at radius 2 is 1.70 bits per heavy atom. The number of morpholine rings is 1. The van der Waals surface area contributed by atoms with Gasteiger partial charge in [0.1, 0.15) is 12.4 Å². The minimum atomic E-state index is -0.416. The molecule has 2 aromatic carbocycles. The number of benzene rings is 2. The first-order chi connectivity index (χ1) is 14.7. The average molecular weight is 409 g/mol. The third kappa shape index (κ3) is 4.85. The van der Waals surface area contributed by atoms with Crippen molar-refractivity contribution in [1.29, 1.82) is 0 Å². The first-order valence-corrected chi connectivity index (χ1v) is 11.1. The molecular formula is C25H32N2O3. The zero-order valence-corrected chi connectivity index (χ0v) is 17.9. The molecule has 1 saturated heterocycles. The Kier molecular flexibility index (Phi) is 6.70. The molecule has 2 fully saturated rings. The van der Waals surface area contributed by atoms with Gasteiger partial charge in [-0.05, 0) is 49.6 Å². The van der Waals surface area contributed by atoms with Crippen molar-refractivity contribution >= 4 is 11.6 Å². The number of nitrogens with zero attached hydrogens (tertiary/aromatic N) is 1. The SMILES string of the molecule is Cc1ccc(C2(C(=O)Nc3ccc(OCCN4CCOCC4)cc3)CCCC2)cc1. The van der Waals surface area contributed by atoms with Gasteiger partial charge in [-0.3, -0.25) is 9.69 Å². The van der Waals surface area contributed by atoms with E-state index >= 15 is 0 Å². The van der Waals surface area contributed by atoms with E-state index in [2.05, 4.69) is 41.4 Å². The molecule has 160 valence electrons. The summed E-state index contributed by atoms with van der Waals surface area (Å²) in [6.07, 6.45) is 4.00. The van der Waals surface area contributed by atoms with Crippen molar-refractivity contribution in [3.63, 3.8) is 0 Å². The van der Waals surface area contributed by atoms with Crippen LogP contribution >= 0.6 is 0 Å². The number of amides is 1. The summed E-state index contributed by atoms with van der Waals surface area (Å²) in [4.78, 5) is 15.6. The largest absolute Gasteiger partial charge is 0.492 e. The van der Waals surface area contributed by atoms with Crippen molar-refractivity contribution in [2.45, 2.75) is 38.0 Å². The average Bonchev–Trinajstić information content (AvgIpc) is 3.28. The summed E-state index contributed by atoms with van der Waals surface area (Å²) in [5.74, 6) is 0.931. The molecule has 0 spiro atoms. The summed E-state index contributed by atoms with van der Waals surface area (Å²) >= 11 is 0. The Labute approximate surface area is 179 Å². The Bertz CT molecular complexity index is 820. The highest BCUT2D eigenvalue weighted by molar-refractivity contribution is 5.99. The maximum absolute atomic E-state index is 13.3. The van der Waals surface area contributed by atoms with E-state index in [9.17, 15) is 4.79 Å². The second-order valence-corrected chi connectivity index (χ2v) is 8.44. The number of carbonyl (C=O) groups is 1. The van der Waals surface area contributed by atoms with E-state index in [1.54, 1.807) is 0 Å². The third-order valence-electron chi connectivity index (χ3n) is 6.39. The lowest BCUT2D eigenvalue weighted by molar-refractivity contribution is -0.121. The van der Waals surface area contributed by atoms with Crippen LogP contribution in [0.25, 0.3) is 0 Å². The highest BCUT2D eigenvalue weighted by Crippen LogP contribution is 2.42. The van der Waals surface area contributed by atoms with Crippen LogP contribution in [0.4, 0.5) is 5.69 Å². The van der Waals surface area contributed by atoms with Crippen LogP contribution in [0.5, 0.6) is 5.75 Å². The Hall–Kier alpha value is -2.37. The van der Waals surface area contributed by atoms with Gasteiger partial charge < -0.3 is 14.8 Å². The molecule has 0 bridgehead atoms. The van der Waals surface area contributed by atoms with Gasteiger partial charge in [0.05, 0.1) is 18.6 Å². The van der Waals surface area contributed by atoms with Gasteiger partial charge in [-0.1, -0.05) is 42.7 Å². The van der Waals surface area contributed by atoms with Gasteiger partial charge in [0.2, 0.25) is 5.91 Å². The Morgan fingerprint density at radius 3 is 2.37 bits per heavy atom. The molecular weight excluding hydrogens is 376 g/mol. The molecule has 5 heteroatoms. The molecule has 2 aliphatic rings. The van der Waals surface area contributed by atoms with E-state index in [4.69, 9.17) is 9.47 Å². The number of carbonyl (C=O) groups excluding carboxylic acids is 1.